The van der Waals surface area contributed by atoms with E-state index in [0.717, 1.165) is 12.4 Å². The molecular formula is C8H10N4S. The highest BCUT2D eigenvalue weighted by atomic mass is 32.2. The van der Waals surface area contributed by atoms with Crippen molar-refractivity contribution in [1.29, 1.82) is 5.26 Å². The van der Waals surface area contributed by atoms with Gasteiger partial charge in [-0.1, -0.05) is 23.9 Å². The van der Waals surface area contributed by atoms with Crippen LogP contribution in [0, 0.1) is 11.5 Å². The second-order valence-corrected chi connectivity index (χ2v) is 3.33. The highest BCUT2D eigenvalue weighted by Crippen LogP contribution is 2.07. The van der Waals surface area contributed by atoms with E-state index in [9.17, 15) is 0 Å². The van der Waals surface area contributed by atoms with Crippen molar-refractivity contribution in [3.63, 3.8) is 0 Å². The number of rotatable bonds is 2. The molecule has 0 fully saturated rings. The van der Waals surface area contributed by atoms with E-state index in [2.05, 4.69) is 16.0 Å². The Balaban J connectivity index is 2.27. The smallest absolute Gasteiger partial charge is 0.208 e. The molecule has 0 saturated heterocycles. The summed E-state index contributed by atoms with van der Waals surface area (Å²) in [6, 6.07) is 0. The first-order valence-corrected chi connectivity index (χ1v) is 4.74. The fourth-order valence-electron chi connectivity index (χ4n) is 0.833. The first-order chi connectivity index (χ1) is 6.33. The van der Waals surface area contributed by atoms with Crippen molar-refractivity contribution in [1.82, 2.24) is 4.90 Å². The Kier molecular flexibility index (Phi) is 3.93. The van der Waals surface area contributed by atoms with Crippen LogP contribution in [0.1, 0.15) is 0 Å². The van der Waals surface area contributed by atoms with E-state index >= 15 is 0 Å². The Labute approximate surface area is 81.4 Å². The fraction of sp³-hybridized carbons (Fsp3) is 0.250. The Morgan fingerprint density at radius 2 is 2.54 bits per heavy atom. The van der Waals surface area contributed by atoms with Gasteiger partial charge < -0.3 is 10.6 Å². The molecule has 0 bridgehead atoms. The number of amidine groups is 1. The number of nitrogens with two attached hydrogens (primary N) is 1. The second kappa shape index (κ2) is 5.27. The van der Waals surface area contributed by atoms with Crippen LogP contribution in [0.3, 0.4) is 0 Å². The van der Waals surface area contributed by atoms with E-state index in [4.69, 9.17) is 11.0 Å². The van der Waals surface area contributed by atoms with Crippen molar-refractivity contribution in [2.24, 2.45) is 10.7 Å². The van der Waals surface area contributed by atoms with Gasteiger partial charge in [-0.2, -0.15) is 5.26 Å². The molecule has 0 amide bonds. The van der Waals surface area contributed by atoms with Crippen LogP contribution in [0.2, 0.25) is 0 Å². The minimum Gasteiger partial charge on any atom is -0.378 e. The molecule has 0 aromatic carbocycles. The van der Waals surface area contributed by atoms with Gasteiger partial charge >= 0.3 is 0 Å². The molecule has 0 saturated carbocycles. The van der Waals surface area contributed by atoms with E-state index < -0.39 is 0 Å². The van der Waals surface area contributed by atoms with Gasteiger partial charge in [-0.15, -0.1) is 4.99 Å². The number of aliphatic imine (C=N–C) groups is 1. The van der Waals surface area contributed by atoms with E-state index in [1.165, 1.54) is 11.8 Å². The van der Waals surface area contributed by atoms with Crippen molar-refractivity contribution >= 4 is 16.9 Å². The lowest BCUT2D eigenvalue weighted by Crippen LogP contribution is -2.20. The van der Waals surface area contributed by atoms with Gasteiger partial charge in [0.1, 0.15) is 0 Å². The van der Waals surface area contributed by atoms with Crippen LogP contribution in [-0.2, 0) is 0 Å². The Bertz CT molecular complexity index is 287. The monoisotopic (exact) mass is 194 g/mol. The molecule has 1 rings (SSSR count). The number of allylic oxidation sites excluding steroid dienone is 2. The van der Waals surface area contributed by atoms with Gasteiger partial charge in [0.25, 0.3) is 0 Å². The summed E-state index contributed by atoms with van der Waals surface area (Å²) < 4.78 is 0. The molecule has 0 unspecified atom stereocenters. The molecule has 0 radical (unpaired) electrons. The highest BCUT2D eigenvalue weighted by Gasteiger charge is 2.00. The molecule has 5 heteroatoms. The molecule has 68 valence electrons. The maximum Gasteiger partial charge on any atom is 0.208 e. The summed E-state index contributed by atoms with van der Waals surface area (Å²) in [7, 11) is 0. The molecule has 1 aliphatic rings. The van der Waals surface area contributed by atoms with Gasteiger partial charge in [0, 0.05) is 12.7 Å². The second-order valence-electron chi connectivity index (χ2n) is 2.36. The summed E-state index contributed by atoms with van der Waals surface area (Å²) in [5.74, 6) is 0.720. The number of hydrogen-bond acceptors (Lipinski definition) is 4. The number of nitriles is 1. The lowest BCUT2D eigenvalue weighted by Gasteiger charge is -2.18. The van der Waals surface area contributed by atoms with Crippen LogP contribution < -0.4 is 5.73 Å². The zero-order chi connectivity index (χ0) is 9.52. The third kappa shape index (κ3) is 3.67. The fourth-order valence-corrected chi connectivity index (χ4v) is 1.43. The standard InChI is InChI=1S/C8H10N4S/c9-6-11-8(10)13-7-12-4-2-1-3-5-12/h1-4H,5,7H2,(H2,10,11). The Hall–Kier alpha value is -1.41. The van der Waals surface area contributed by atoms with Gasteiger partial charge in [0.05, 0.1) is 5.88 Å². The van der Waals surface area contributed by atoms with Crippen LogP contribution in [-0.4, -0.2) is 22.5 Å². The molecule has 2 N–H and O–H groups in total. The predicted molar refractivity (Wildman–Crippen MR) is 54.7 cm³/mol. The highest BCUT2D eigenvalue weighted by molar-refractivity contribution is 8.13. The van der Waals surface area contributed by atoms with Crippen LogP contribution >= 0.6 is 11.8 Å². The zero-order valence-electron chi connectivity index (χ0n) is 7.05. The Morgan fingerprint density at radius 1 is 1.69 bits per heavy atom. The minimum atomic E-state index is 0.311. The van der Waals surface area contributed by atoms with Crippen LogP contribution in [0.5, 0.6) is 0 Å². The summed E-state index contributed by atoms with van der Waals surface area (Å²) in [5.41, 5.74) is 5.42. The van der Waals surface area contributed by atoms with Gasteiger partial charge in [-0.3, -0.25) is 0 Å². The third-order valence-corrected chi connectivity index (χ3v) is 2.27. The predicted octanol–water partition coefficient (Wildman–Crippen LogP) is 0.858. The largest absolute Gasteiger partial charge is 0.378 e. The van der Waals surface area contributed by atoms with Crippen LogP contribution in [0.25, 0.3) is 0 Å². The quantitative estimate of drug-likeness (QED) is 0.402. The zero-order valence-corrected chi connectivity index (χ0v) is 7.87. The average Bonchev–Trinajstić information content (AvgIpc) is 2.17. The topological polar surface area (TPSA) is 65.4 Å². The number of hydrogen-bond donors (Lipinski definition) is 1. The molecule has 0 atom stereocenters. The molecule has 0 aromatic rings. The van der Waals surface area contributed by atoms with Gasteiger partial charge in [-0.05, 0) is 6.08 Å². The van der Waals surface area contributed by atoms with E-state index in [1.54, 1.807) is 6.19 Å². The van der Waals surface area contributed by atoms with E-state index in [-0.39, 0.29) is 0 Å². The molecule has 1 aliphatic heterocycles. The molecule has 13 heavy (non-hydrogen) atoms. The van der Waals surface area contributed by atoms with Crippen molar-refractivity contribution < 1.29 is 0 Å². The van der Waals surface area contributed by atoms with Crippen molar-refractivity contribution in [3.8, 4) is 6.19 Å². The summed E-state index contributed by atoms with van der Waals surface area (Å²) >= 11 is 1.35. The summed E-state index contributed by atoms with van der Waals surface area (Å²) in [5, 5.41) is 8.51. The summed E-state index contributed by atoms with van der Waals surface area (Å²) in [6.45, 7) is 0.878. The minimum absolute atomic E-state index is 0.311. The first kappa shape index (κ1) is 9.68. The average molecular weight is 194 g/mol. The van der Waals surface area contributed by atoms with E-state index in [0.29, 0.717) is 5.17 Å². The van der Waals surface area contributed by atoms with Crippen molar-refractivity contribution in [2.75, 3.05) is 12.4 Å². The van der Waals surface area contributed by atoms with E-state index in [1.807, 2.05) is 18.4 Å². The molecule has 0 spiro atoms. The van der Waals surface area contributed by atoms with Crippen LogP contribution in [0.4, 0.5) is 0 Å². The third-order valence-electron chi connectivity index (χ3n) is 1.42. The number of thioether (sulfide) groups is 1. The van der Waals surface area contributed by atoms with Gasteiger partial charge in [0.2, 0.25) is 6.19 Å². The summed E-state index contributed by atoms with van der Waals surface area (Å²) in [6.07, 6.45) is 9.63. The van der Waals surface area contributed by atoms with Gasteiger partial charge in [0.15, 0.2) is 5.17 Å². The van der Waals surface area contributed by atoms with Crippen molar-refractivity contribution in [3.05, 3.63) is 24.4 Å². The normalized spacial score (nSPS) is 15.9. The lowest BCUT2D eigenvalue weighted by molar-refractivity contribution is 0.486. The molecule has 0 aromatic heterocycles. The lowest BCUT2D eigenvalue weighted by atomic mass is 10.4. The number of nitrogens with zero attached hydrogens (tertiary/aromatic N) is 3. The summed E-state index contributed by atoms with van der Waals surface area (Å²) in [4.78, 5) is 5.48. The molecule has 4 nitrogen and oxygen atoms in total. The maximum absolute atomic E-state index is 8.20. The Morgan fingerprint density at radius 3 is 3.15 bits per heavy atom. The first-order valence-electron chi connectivity index (χ1n) is 3.75. The maximum atomic E-state index is 8.20. The van der Waals surface area contributed by atoms with Gasteiger partial charge in [-0.25, -0.2) is 0 Å². The van der Waals surface area contributed by atoms with Crippen molar-refractivity contribution in [2.45, 2.75) is 0 Å². The van der Waals surface area contributed by atoms with Crippen LogP contribution in [0.15, 0.2) is 29.4 Å². The molecular weight excluding hydrogens is 184 g/mol. The molecule has 1 heterocycles. The molecule has 0 aliphatic carbocycles. The SMILES string of the molecule is N#CN=C(N)SCN1C=CC=CC1.